The summed E-state index contributed by atoms with van der Waals surface area (Å²) in [6.07, 6.45) is 6.93. The molecular formula is C16H24ClNO. The van der Waals surface area contributed by atoms with Crippen LogP contribution in [0.5, 0.6) is 5.75 Å². The summed E-state index contributed by atoms with van der Waals surface area (Å²) in [4.78, 5) is 0. The molecule has 1 aromatic carbocycles. The summed E-state index contributed by atoms with van der Waals surface area (Å²) in [6.45, 7) is 5.02. The van der Waals surface area contributed by atoms with E-state index in [0.29, 0.717) is 6.04 Å². The highest BCUT2D eigenvalue weighted by Gasteiger charge is 2.14. The zero-order chi connectivity index (χ0) is 13.7. The quantitative estimate of drug-likeness (QED) is 0.867. The van der Waals surface area contributed by atoms with Gasteiger partial charge in [-0.1, -0.05) is 30.9 Å². The number of hydrogen-bond donors (Lipinski definition) is 1. The van der Waals surface area contributed by atoms with Gasteiger partial charge in [-0.05, 0) is 50.5 Å². The number of hydrogen-bond acceptors (Lipinski definition) is 2. The van der Waals surface area contributed by atoms with Crippen LogP contribution in [0.15, 0.2) is 18.2 Å². The van der Waals surface area contributed by atoms with Gasteiger partial charge in [-0.15, -0.1) is 0 Å². The van der Waals surface area contributed by atoms with Crippen molar-refractivity contribution in [1.82, 2.24) is 5.32 Å². The molecule has 0 saturated heterocycles. The van der Waals surface area contributed by atoms with Gasteiger partial charge in [-0.2, -0.15) is 0 Å². The highest BCUT2D eigenvalue weighted by atomic mass is 35.5. The molecular weight excluding hydrogens is 258 g/mol. The van der Waals surface area contributed by atoms with Gasteiger partial charge in [0.1, 0.15) is 11.9 Å². The van der Waals surface area contributed by atoms with Crippen LogP contribution in [0.1, 0.15) is 44.6 Å². The molecule has 1 N–H and O–H groups in total. The topological polar surface area (TPSA) is 21.3 Å². The second kappa shape index (κ2) is 7.16. The second-order valence-corrected chi connectivity index (χ2v) is 5.99. The Hall–Kier alpha value is -0.730. The molecule has 0 aromatic heterocycles. The van der Waals surface area contributed by atoms with Crippen molar-refractivity contribution in [3.63, 3.8) is 0 Å². The van der Waals surface area contributed by atoms with Crippen LogP contribution >= 0.6 is 11.6 Å². The number of benzene rings is 1. The summed E-state index contributed by atoms with van der Waals surface area (Å²) < 4.78 is 5.92. The Kier molecular flexibility index (Phi) is 5.53. The first-order valence-corrected chi connectivity index (χ1v) is 7.69. The fourth-order valence-electron chi connectivity index (χ4n) is 2.60. The highest BCUT2D eigenvalue weighted by molar-refractivity contribution is 6.31. The normalized spacial score (nSPS) is 18.3. The van der Waals surface area contributed by atoms with Gasteiger partial charge < -0.3 is 10.1 Å². The minimum atomic E-state index is 0.183. The van der Waals surface area contributed by atoms with Crippen LogP contribution in [-0.4, -0.2) is 18.7 Å². The SMILES string of the molecule is Cc1cc(OC(C)CNC2CCCCC2)ccc1Cl. The maximum absolute atomic E-state index is 6.01. The van der Waals surface area contributed by atoms with E-state index in [0.717, 1.165) is 22.9 Å². The number of rotatable bonds is 5. The molecule has 1 saturated carbocycles. The lowest BCUT2D eigenvalue weighted by Crippen LogP contribution is -2.37. The lowest BCUT2D eigenvalue weighted by atomic mass is 9.95. The predicted molar refractivity (Wildman–Crippen MR) is 81.2 cm³/mol. The van der Waals surface area contributed by atoms with Gasteiger partial charge in [0, 0.05) is 17.6 Å². The summed E-state index contributed by atoms with van der Waals surface area (Å²) in [5, 5.41) is 4.41. The van der Waals surface area contributed by atoms with Crippen molar-refractivity contribution in [2.45, 2.75) is 58.1 Å². The summed E-state index contributed by atoms with van der Waals surface area (Å²) in [6, 6.07) is 6.52. The summed E-state index contributed by atoms with van der Waals surface area (Å²) in [7, 11) is 0. The fraction of sp³-hybridized carbons (Fsp3) is 0.625. The van der Waals surface area contributed by atoms with Crippen LogP contribution < -0.4 is 10.1 Å². The van der Waals surface area contributed by atoms with Crippen molar-refractivity contribution in [1.29, 1.82) is 0 Å². The Morgan fingerprint density at radius 3 is 2.74 bits per heavy atom. The number of halogens is 1. The van der Waals surface area contributed by atoms with Gasteiger partial charge in [-0.3, -0.25) is 0 Å². The van der Waals surface area contributed by atoms with Gasteiger partial charge in [0.05, 0.1) is 0 Å². The smallest absolute Gasteiger partial charge is 0.120 e. The molecule has 0 aliphatic heterocycles. The lowest BCUT2D eigenvalue weighted by molar-refractivity contribution is 0.205. The number of ether oxygens (including phenoxy) is 1. The van der Waals surface area contributed by atoms with Crippen LogP contribution in [0.3, 0.4) is 0 Å². The van der Waals surface area contributed by atoms with Crippen LogP contribution in [0.25, 0.3) is 0 Å². The Morgan fingerprint density at radius 1 is 1.32 bits per heavy atom. The molecule has 3 heteroatoms. The molecule has 1 aromatic rings. The van der Waals surface area contributed by atoms with Gasteiger partial charge in [-0.25, -0.2) is 0 Å². The average Bonchev–Trinajstić information content (AvgIpc) is 2.42. The molecule has 106 valence electrons. The minimum absolute atomic E-state index is 0.183. The van der Waals surface area contributed by atoms with Crippen molar-refractivity contribution in [2.75, 3.05) is 6.54 Å². The second-order valence-electron chi connectivity index (χ2n) is 5.58. The Labute approximate surface area is 121 Å². The zero-order valence-corrected chi connectivity index (χ0v) is 12.7. The molecule has 0 amide bonds. The van der Waals surface area contributed by atoms with Crippen molar-refractivity contribution in [3.8, 4) is 5.75 Å². The average molecular weight is 282 g/mol. The molecule has 2 nitrogen and oxygen atoms in total. The highest BCUT2D eigenvalue weighted by Crippen LogP contribution is 2.22. The molecule has 1 unspecified atom stereocenters. The largest absolute Gasteiger partial charge is 0.489 e. The van der Waals surface area contributed by atoms with Crippen molar-refractivity contribution in [2.24, 2.45) is 0 Å². The van der Waals surface area contributed by atoms with Gasteiger partial charge in [0.15, 0.2) is 0 Å². The first kappa shape index (κ1) is 14.7. The summed E-state index contributed by atoms with van der Waals surface area (Å²) in [5.74, 6) is 0.903. The van der Waals surface area contributed by atoms with E-state index in [-0.39, 0.29) is 6.10 Å². The minimum Gasteiger partial charge on any atom is -0.489 e. The number of aryl methyl sites for hydroxylation is 1. The third-order valence-corrected chi connectivity index (χ3v) is 4.19. The zero-order valence-electron chi connectivity index (χ0n) is 11.9. The maximum atomic E-state index is 6.01. The van der Waals surface area contributed by atoms with E-state index >= 15 is 0 Å². The number of nitrogens with one attached hydrogen (secondary N) is 1. The Morgan fingerprint density at radius 2 is 2.05 bits per heavy atom. The molecule has 1 atom stereocenters. The first-order valence-electron chi connectivity index (χ1n) is 7.31. The Balaban J connectivity index is 1.76. The standard InChI is InChI=1S/C16H24ClNO/c1-12-10-15(8-9-16(12)17)19-13(2)11-18-14-6-4-3-5-7-14/h8-10,13-14,18H,3-7,11H2,1-2H3. The molecule has 1 aliphatic rings. The van der Waals surface area contributed by atoms with Crippen LogP contribution in [-0.2, 0) is 0 Å². The first-order chi connectivity index (χ1) is 9.15. The molecule has 0 heterocycles. The van der Waals surface area contributed by atoms with Crippen LogP contribution in [0.4, 0.5) is 0 Å². The lowest BCUT2D eigenvalue weighted by Gasteiger charge is -2.25. The third kappa shape index (κ3) is 4.70. The van der Waals surface area contributed by atoms with Crippen molar-refractivity contribution in [3.05, 3.63) is 28.8 Å². The van der Waals surface area contributed by atoms with Crippen molar-refractivity contribution >= 4 is 11.6 Å². The monoisotopic (exact) mass is 281 g/mol. The summed E-state index contributed by atoms with van der Waals surface area (Å²) in [5.41, 5.74) is 1.06. The van der Waals surface area contributed by atoms with Crippen LogP contribution in [0.2, 0.25) is 5.02 Å². The van der Waals surface area contributed by atoms with Crippen LogP contribution in [0, 0.1) is 6.92 Å². The summed E-state index contributed by atoms with van der Waals surface area (Å²) >= 11 is 6.01. The fourth-order valence-corrected chi connectivity index (χ4v) is 2.72. The molecule has 1 aliphatic carbocycles. The van der Waals surface area contributed by atoms with E-state index in [1.807, 2.05) is 25.1 Å². The van der Waals surface area contributed by atoms with Crippen molar-refractivity contribution < 1.29 is 4.74 Å². The van der Waals surface area contributed by atoms with E-state index < -0.39 is 0 Å². The predicted octanol–water partition coefficient (Wildman–Crippen LogP) is 4.34. The molecule has 0 bridgehead atoms. The molecule has 0 spiro atoms. The van der Waals surface area contributed by atoms with Gasteiger partial charge in [0.25, 0.3) is 0 Å². The molecule has 2 rings (SSSR count). The van der Waals surface area contributed by atoms with E-state index in [9.17, 15) is 0 Å². The van der Waals surface area contributed by atoms with E-state index in [2.05, 4.69) is 12.2 Å². The van der Waals surface area contributed by atoms with E-state index in [1.165, 1.54) is 32.1 Å². The van der Waals surface area contributed by atoms with Gasteiger partial charge in [0.2, 0.25) is 0 Å². The Bertz CT molecular complexity index is 402. The molecule has 0 radical (unpaired) electrons. The molecule has 19 heavy (non-hydrogen) atoms. The van der Waals surface area contributed by atoms with E-state index in [1.54, 1.807) is 0 Å². The van der Waals surface area contributed by atoms with Gasteiger partial charge >= 0.3 is 0 Å². The third-order valence-electron chi connectivity index (χ3n) is 3.77. The van der Waals surface area contributed by atoms with E-state index in [4.69, 9.17) is 16.3 Å². The maximum Gasteiger partial charge on any atom is 0.120 e. The molecule has 1 fully saturated rings.